The van der Waals surface area contributed by atoms with Gasteiger partial charge in [0, 0.05) is 13.1 Å². The van der Waals surface area contributed by atoms with E-state index in [4.69, 9.17) is 11.5 Å². The average Bonchev–Trinajstić information content (AvgIpc) is 3.01. The number of para-hydroxylation sites is 1. The van der Waals surface area contributed by atoms with E-state index in [1.807, 2.05) is 15.9 Å². The molecule has 8 heteroatoms. The zero-order chi connectivity index (χ0) is 18.3. The molecule has 1 atom stereocenters. The van der Waals surface area contributed by atoms with Gasteiger partial charge < -0.3 is 21.5 Å². The van der Waals surface area contributed by atoms with Gasteiger partial charge in [0.05, 0.1) is 17.5 Å². The largest absolute Gasteiger partial charge is 0.391 e. The van der Waals surface area contributed by atoms with Gasteiger partial charge >= 0.3 is 0 Å². The molecule has 0 amide bonds. The number of rotatable bonds is 2. The molecular weight excluding hydrogens is 335 g/mol. The molecule has 0 aromatic heterocycles. The van der Waals surface area contributed by atoms with E-state index < -0.39 is 11.8 Å². The summed E-state index contributed by atoms with van der Waals surface area (Å²) in [5.41, 5.74) is 12.7. The number of β-amino-alcohol motifs (C(OH)–C–C–N with tert-alkyl or cyclic N) is 1. The topological polar surface area (TPSA) is 103 Å². The molecule has 26 heavy (non-hydrogen) atoms. The third kappa shape index (κ3) is 2.78. The normalized spacial score (nSPS) is 25.4. The first-order valence-corrected chi connectivity index (χ1v) is 9.21. The number of aliphatic imine (C=N–C) groups is 2. The first-order valence-electron chi connectivity index (χ1n) is 9.21. The zero-order valence-electron chi connectivity index (χ0n) is 14.7. The second-order valence-corrected chi connectivity index (χ2v) is 7.31. The van der Waals surface area contributed by atoms with Crippen LogP contribution >= 0.6 is 0 Å². The molecule has 2 aliphatic heterocycles. The Kier molecular flexibility index (Phi) is 4.22. The standard InChI is InChI=1S/C18H25FN6O/c19-13-5-4-6-14(15(13)24-10-7-12(26)11-24)25-17(21)22-16(20)23-18(25)8-2-1-3-9-18/h4-6,12,26H,1-3,7-11H2,(H4,20,21,22,23). The average molecular weight is 360 g/mol. The Hall–Kier alpha value is -2.35. The van der Waals surface area contributed by atoms with Gasteiger partial charge in [0.15, 0.2) is 0 Å². The Bertz CT molecular complexity index is 758. The first-order chi connectivity index (χ1) is 12.5. The van der Waals surface area contributed by atoms with Gasteiger partial charge in [-0.3, -0.25) is 4.90 Å². The van der Waals surface area contributed by atoms with E-state index in [9.17, 15) is 9.50 Å². The van der Waals surface area contributed by atoms with E-state index in [1.165, 1.54) is 6.07 Å². The van der Waals surface area contributed by atoms with Crippen molar-refractivity contribution in [3.05, 3.63) is 24.0 Å². The van der Waals surface area contributed by atoms with Crippen LogP contribution in [0, 0.1) is 5.82 Å². The van der Waals surface area contributed by atoms with Crippen molar-refractivity contribution in [2.24, 2.45) is 21.5 Å². The highest BCUT2D eigenvalue weighted by Crippen LogP contribution is 2.44. The highest BCUT2D eigenvalue weighted by atomic mass is 19.1. The molecule has 2 fully saturated rings. The number of nitrogens with two attached hydrogens (primary N) is 2. The molecule has 0 bridgehead atoms. The van der Waals surface area contributed by atoms with Gasteiger partial charge in [-0.2, -0.15) is 4.99 Å². The van der Waals surface area contributed by atoms with E-state index in [0.29, 0.717) is 30.9 Å². The molecule has 3 aliphatic rings. The van der Waals surface area contributed by atoms with Gasteiger partial charge in [-0.25, -0.2) is 9.38 Å². The summed E-state index contributed by atoms with van der Waals surface area (Å²) in [4.78, 5) is 12.5. The van der Waals surface area contributed by atoms with Crippen molar-refractivity contribution in [1.82, 2.24) is 0 Å². The summed E-state index contributed by atoms with van der Waals surface area (Å²) < 4.78 is 14.9. The third-order valence-electron chi connectivity index (χ3n) is 5.54. The lowest BCUT2D eigenvalue weighted by Crippen LogP contribution is -2.58. The smallest absolute Gasteiger partial charge is 0.220 e. The number of anilines is 2. The molecule has 4 rings (SSSR count). The van der Waals surface area contributed by atoms with E-state index >= 15 is 0 Å². The van der Waals surface area contributed by atoms with E-state index in [2.05, 4.69) is 9.98 Å². The molecule has 140 valence electrons. The Morgan fingerprint density at radius 1 is 1.19 bits per heavy atom. The molecule has 1 saturated carbocycles. The number of aliphatic hydroxyl groups excluding tert-OH is 1. The number of benzene rings is 1. The molecule has 0 radical (unpaired) electrons. The highest BCUT2D eigenvalue weighted by Gasteiger charge is 2.44. The van der Waals surface area contributed by atoms with Crippen LogP contribution in [0.25, 0.3) is 0 Å². The number of nitrogens with zero attached hydrogens (tertiary/aromatic N) is 4. The molecule has 1 unspecified atom stereocenters. The summed E-state index contributed by atoms with van der Waals surface area (Å²) in [5.74, 6) is 0.0825. The second kappa shape index (κ2) is 6.42. The Labute approximate surface area is 152 Å². The third-order valence-corrected chi connectivity index (χ3v) is 5.54. The van der Waals surface area contributed by atoms with Crippen molar-refractivity contribution in [3.8, 4) is 0 Å². The van der Waals surface area contributed by atoms with Crippen LogP contribution in [0.5, 0.6) is 0 Å². The van der Waals surface area contributed by atoms with Gasteiger partial charge in [0.2, 0.25) is 11.9 Å². The van der Waals surface area contributed by atoms with Crippen molar-refractivity contribution in [1.29, 1.82) is 0 Å². The molecule has 1 aliphatic carbocycles. The number of aliphatic hydroxyl groups is 1. The van der Waals surface area contributed by atoms with Crippen LogP contribution in [0.3, 0.4) is 0 Å². The van der Waals surface area contributed by atoms with Crippen LogP contribution in [-0.2, 0) is 0 Å². The summed E-state index contributed by atoms with van der Waals surface area (Å²) in [5, 5.41) is 9.92. The van der Waals surface area contributed by atoms with E-state index in [-0.39, 0.29) is 17.7 Å². The van der Waals surface area contributed by atoms with E-state index in [0.717, 1.165) is 32.1 Å². The Morgan fingerprint density at radius 2 is 1.96 bits per heavy atom. The maximum absolute atomic E-state index is 14.9. The number of guanidine groups is 2. The maximum Gasteiger partial charge on any atom is 0.220 e. The quantitative estimate of drug-likeness (QED) is 0.742. The van der Waals surface area contributed by atoms with Crippen LogP contribution in [0.4, 0.5) is 15.8 Å². The van der Waals surface area contributed by atoms with Crippen molar-refractivity contribution in [3.63, 3.8) is 0 Å². The number of halogens is 1. The number of hydrogen-bond acceptors (Lipinski definition) is 7. The lowest BCUT2D eigenvalue weighted by molar-refractivity contribution is 0.198. The molecular formula is C18H25FN6O. The summed E-state index contributed by atoms with van der Waals surface area (Å²) >= 11 is 0. The summed E-state index contributed by atoms with van der Waals surface area (Å²) in [7, 11) is 0. The first kappa shape index (κ1) is 17.1. The minimum Gasteiger partial charge on any atom is -0.391 e. The van der Waals surface area contributed by atoms with Gasteiger partial charge in [-0.1, -0.05) is 12.5 Å². The minimum atomic E-state index is -0.616. The van der Waals surface area contributed by atoms with Gasteiger partial charge in [0.1, 0.15) is 11.5 Å². The lowest BCUT2D eigenvalue weighted by Gasteiger charge is -2.46. The SMILES string of the molecule is NC1=NC2(CCCCC2)N(c2cccc(F)c2N2CCC(O)C2)C(N)=N1. The summed E-state index contributed by atoms with van der Waals surface area (Å²) in [6, 6.07) is 4.96. The van der Waals surface area contributed by atoms with Gasteiger partial charge in [0.25, 0.3) is 0 Å². The van der Waals surface area contributed by atoms with Gasteiger partial charge in [-0.15, -0.1) is 0 Å². The zero-order valence-corrected chi connectivity index (χ0v) is 14.7. The number of hydrogen-bond donors (Lipinski definition) is 3. The predicted molar refractivity (Wildman–Crippen MR) is 101 cm³/mol. The molecule has 1 aromatic rings. The molecule has 1 aromatic carbocycles. The Balaban J connectivity index is 1.83. The summed E-state index contributed by atoms with van der Waals surface area (Å²) in [6.07, 6.45) is 4.91. The lowest BCUT2D eigenvalue weighted by atomic mass is 9.87. The fourth-order valence-electron chi connectivity index (χ4n) is 4.41. The molecule has 1 spiro atoms. The van der Waals surface area contributed by atoms with Crippen LogP contribution in [0.15, 0.2) is 28.2 Å². The molecule has 7 nitrogen and oxygen atoms in total. The predicted octanol–water partition coefficient (Wildman–Crippen LogP) is 1.51. The second-order valence-electron chi connectivity index (χ2n) is 7.31. The summed E-state index contributed by atoms with van der Waals surface area (Å²) in [6.45, 7) is 0.996. The van der Waals surface area contributed by atoms with E-state index in [1.54, 1.807) is 6.07 Å². The molecule has 2 heterocycles. The monoisotopic (exact) mass is 360 g/mol. The minimum absolute atomic E-state index is 0.176. The van der Waals surface area contributed by atoms with Crippen molar-refractivity contribution in [2.75, 3.05) is 22.9 Å². The fraction of sp³-hybridized carbons (Fsp3) is 0.556. The fourth-order valence-corrected chi connectivity index (χ4v) is 4.41. The van der Waals surface area contributed by atoms with Crippen LogP contribution in [0.1, 0.15) is 38.5 Å². The molecule has 1 saturated heterocycles. The Morgan fingerprint density at radius 3 is 2.65 bits per heavy atom. The van der Waals surface area contributed by atoms with Gasteiger partial charge in [-0.05, 0) is 44.2 Å². The van der Waals surface area contributed by atoms with Crippen molar-refractivity contribution < 1.29 is 9.50 Å². The van der Waals surface area contributed by atoms with Crippen LogP contribution in [-0.4, -0.2) is 41.9 Å². The molecule has 5 N–H and O–H groups in total. The highest BCUT2D eigenvalue weighted by molar-refractivity contribution is 6.07. The van der Waals surface area contributed by atoms with Crippen LogP contribution < -0.4 is 21.3 Å². The van der Waals surface area contributed by atoms with Crippen molar-refractivity contribution in [2.45, 2.75) is 50.3 Å². The van der Waals surface area contributed by atoms with Crippen LogP contribution in [0.2, 0.25) is 0 Å². The van der Waals surface area contributed by atoms with Crippen molar-refractivity contribution >= 4 is 23.3 Å². The maximum atomic E-state index is 14.9.